The molecule has 2 aliphatic heterocycles. The van der Waals surface area contributed by atoms with Gasteiger partial charge in [-0.2, -0.15) is 5.10 Å². The van der Waals surface area contributed by atoms with Crippen LogP contribution in [0.3, 0.4) is 0 Å². The van der Waals surface area contributed by atoms with E-state index < -0.39 is 0 Å². The Morgan fingerprint density at radius 2 is 2.25 bits per heavy atom. The van der Waals surface area contributed by atoms with Crippen LogP contribution in [0.2, 0.25) is 0 Å². The van der Waals surface area contributed by atoms with E-state index in [1.54, 1.807) is 4.68 Å². The molecule has 0 radical (unpaired) electrons. The number of guanidine groups is 1. The van der Waals surface area contributed by atoms with E-state index in [2.05, 4.69) is 22.2 Å². The molecule has 9 heteroatoms. The number of aryl methyl sites for hydroxylation is 1. The fourth-order valence-electron chi connectivity index (χ4n) is 3.35. The van der Waals surface area contributed by atoms with Crippen molar-refractivity contribution in [2.45, 2.75) is 19.6 Å². The minimum atomic E-state index is -0.00554. The van der Waals surface area contributed by atoms with Crippen LogP contribution in [0.15, 0.2) is 35.6 Å². The standard InChI is InChI=1S/C19H25N5O3.HI/c1-3-20-19(21-9-14-5-4-6-16-18(14)27-13-26-16)24-7-8-25-17(12-24)15-10-22-23(2)11-15;/h4-6,10-11,17H,3,7-9,12-13H2,1-2H3,(H,20,21);1H. The number of ether oxygens (including phenoxy) is 3. The van der Waals surface area contributed by atoms with E-state index in [1.165, 1.54) is 0 Å². The minimum absolute atomic E-state index is 0. The van der Waals surface area contributed by atoms with Crippen LogP contribution in [0.4, 0.5) is 0 Å². The number of halogens is 1. The Labute approximate surface area is 181 Å². The fourth-order valence-corrected chi connectivity index (χ4v) is 3.35. The van der Waals surface area contributed by atoms with E-state index in [4.69, 9.17) is 19.2 Å². The van der Waals surface area contributed by atoms with Crippen LogP contribution in [0.1, 0.15) is 24.2 Å². The molecule has 0 amide bonds. The maximum Gasteiger partial charge on any atom is 0.231 e. The van der Waals surface area contributed by atoms with Crippen molar-refractivity contribution >= 4 is 29.9 Å². The molecule has 152 valence electrons. The Morgan fingerprint density at radius 1 is 1.36 bits per heavy atom. The van der Waals surface area contributed by atoms with Gasteiger partial charge in [0.05, 0.1) is 25.9 Å². The van der Waals surface area contributed by atoms with Gasteiger partial charge in [0.2, 0.25) is 6.79 Å². The summed E-state index contributed by atoms with van der Waals surface area (Å²) in [7, 11) is 1.92. The van der Waals surface area contributed by atoms with Gasteiger partial charge in [-0.15, -0.1) is 24.0 Å². The van der Waals surface area contributed by atoms with Crippen molar-refractivity contribution in [1.29, 1.82) is 0 Å². The molecule has 1 aromatic heterocycles. The van der Waals surface area contributed by atoms with Crippen molar-refractivity contribution in [1.82, 2.24) is 20.0 Å². The Kier molecular flexibility index (Phi) is 7.00. The molecule has 1 saturated heterocycles. The van der Waals surface area contributed by atoms with Gasteiger partial charge in [0.15, 0.2) is 17.5 Å². The SMILES string of the molecule is CCNC(=NCc1cccc2c1OCO2)N1CCOC(c2cnn(C)c2)C1.I. The Bertz CT molecular complexity index is 826. The summed E-state index contributed by atoms with van der Waals surface area (Å²) in [5.74, 6) is 2.47. The molecule has 1 aromatic carbocycles. The van der Waals surface area contributed by atoms with E-state index in [0.717, 1.165) is 48.2 Å². The normalized spacial score (nSPS) is 18.7. The topological polar surface area (TPSA) is 73.1 Å². The highest BCUT2D eigenvalue weighted by molar-refractivity contribution is 14.0. The highest BCUT2D eigenvalue weighted by Gasteiger charge is 2.25. The number of aliphatic imine (C=N–C) groups is 1. The van der Waals surface area contributed by atoms with E-state index in [1.807, 2.05) is 37.6 Å². The molecule has 28 heavy (non-hydrogen) atoms. The number of benzene rings is 1. The molecule has 4 rings (SSSR count). The van der Waals surface area contributed by atoms with Gasteiger partial charge in [0, 0.05) is 37.5 Å². The lowest BCUT2D eigenvalue weighted by Crippen LogP contribution is -2.48. The second-order valence-electron chi connectivity index (χ2n) is 6.57. The molecule has 0 aliphatic carbocycles. The van der Waals surface area contributed by atoms with Gasteiger partial charge < -0.3 is 24.4 Å². The first kappa shape index (κ1) is 20.7. The van der Waals surface area contributed by atoms with Gasteiger partial charge in [0.1, 0.15) is 6.10 Å². The second kappa shape index (κ2) is 9.46. The summed E-state index contributed by atoms with van der Waals surface area (Å²) in [5.41, 5.74) is 2.11. The lowest BCUT2D eigenvalue weighted by atomic mass is 10.1. The monoisotopic (exact) mass is 499 g/mol. The molecule has 1 fully saturated rings. The molecular weight excluding hydrogens is 473 g/mol. The molecule has 0 saturated carbocycles. The predicted octanol–water partition coefficient (Wildman–Crippen LogP) is 2.31. The second-order valence-corrected chi connectivity index (χ2v) is 6.57. The zero-order valence-electron chi connectivity index (χ0n) is 16.1. The Hall–Kier alpha value is -2.01. The molecule has 2 aromatic rings. The molecule has 1 atom stereocenters. The predicted molar refractivity (Wildman–Crippen MR) is 116 cm³/mol. The first-order valence-corrected chi connectivity index (χ1v) is 9.25. The number of rotatable bonds is 4. The van der Waals surface area contributed by atoms with Crippen molar-refractivity contribution in [2.24, 2.45) is 12.0 Å². The first-order chi connectivity index (χ1) is 13.2. The summed E-state index contributed by atoms with van der Waals surface area (Å²) in [6.45, 7) is 5.88. The number of morpholine rings is 1. The summed E-state index contributed by atoms with van der Waals surface area (Å²) < 4.78 is 18.8. The Morgan fingerprint density at radius 3 is 3.04 bits per heavy atom. The summed E-state index contributed by atoms with van der Waals surface area (Å²) in [5, 5.41) is 7.65. The van der Waals surface area contributed by atoms with Gasteiger partial charge in [-0.05, 0) is 13.0 Å². The van der Waals surface area contributed by atoms with Gasteiger partial charge in [0.25, 0.3) is 0 Å². The number of nitrogens with one attached hydrogen (secondary N) is 1. The zero-order chi connectivity index (χ0) is 18.6. The third-order valence-corrected chi connectivity index (χ3v) is 4.67. The first-order valence-electron chi connectivity index (χ1n) is 9.25. The molecule has 1 N–H and O–H groups in total. The number of nitrogens with zero attached hydrogens (tertiary/aromatic N) is 4. The summed E-state index contributed by atoms with van der Waals surface area (Å²) in [4.78, 5) is 7.08. The van der Waals surface area contributed by atoms with Crippen LogP contribution in [-0.2, 0) is 18.3 Å². The number of hydrogen-bond acceptors (Lipinski definition) is 5. The average Bonchev–Trinajstić information content (AvgIpc) is 3.34. The van der Waals surface area contributed by atoms with E-state index in [-0.39, 0.29) is 36.9 Å². The molecule has 8 nitrogen and oxygen atoms in total. The number of fused-ring (bicyclic) bond motifs is 1. The maximum atomic E-state index is 5.94. The van der Waals surface area contributed by atoms with Crippen molar-refractivity contribution in [3.05, 3.63) is 41.7 Å². The van der Waals surface area contributed by atoms with Gasteiger partial charge in [-0.1, -0.05) is 12.1 Å². The molecule has 1 unspecified atom stereocenters. The zero-order valence-corrected chi connectivity index (χ0v) is 18.5. The smallest absolute Gasteiger partial charge is 0.231 e. The van der Waals surface area contributed by atoms with E-state index in [9.17, 15) is 0 Å². The lowest BCUT2D eigenvalue weighted by molar-refractivity contribution is -0.00805. The average molecular weight is 499 g/mol. The largest absolute Gasteiger partial charge is 0.454 e. The van der Waals surface area contributed by atoms with Crippen LogP contribution in [0, 0.1) is 0 Å². The number of aromatic nitrogens is 2. The minimum Gasteiger partial charge on any atom is -0.454 e. The third-order valence-electron chi connectivity index (χ3n) is 4.67. The highest BCUT2D eigenvalue weighted by Crippen LogP contribution is 2.35. The molecule has 0 spiro atoms. The van der Waals surface area contributed by atoms with Gasteiger partial charge in [-0.3, -0.25) is 4.68 Å². The number of hydrogen-bond donors (Lipinski definition) is 1. The van der Waals surface area contributed by atoms with Crippen LogP contribution in [-0.4, -0.2) is 53.7 Å². The number of para-hydroxylation sites is 1. The lowest BCUT2D eigenvalue weighted by Gasteiger charge is -2.34. The maximum absolute atomic E-state index is 5.94. The molecule has 2 aliphatic rings. The van der Waals surface area contributed by atoms with Crippen molar-refractivity contribution < 1.29 is 14.2 Å². The third kappa shape index (κ3) is 4.52. The highest BCUT2D eigenvalue weighted by atomic mass is 127. The Balaban J connectivity index is 0.00000225. The van der Waals surface area contributed by atoms with Crippen LogP contribution in [0.5, 0.6) is 11.5 Å². The molecule has 3 heterocycles. The molecule has 0 bridgehead atoms. The van der Waals surface area contributed by atoms with E-state index in [0.29, 0.717) is 13.2 Å². The van der Waals surface area contributed by atoms with E-state index >= 15 is 0 Å². The molecular formula is C19H26IN5O3. The van der Waals surface area contributed by atoms with Crippen molar-refractivity contribution in [2.75, 3.05) is 33.0 Å². The van der Waals surface area contributed by atoms with Gasteiger partial charge >= 0.3 is 0 Å². The quantitative estimate of drug-likeness (QED) is 0.396. The van der Waals surface area contributed by atoms with Crippen LogP contribution >= 0.6 is 24.0 Å². The fraction of sp³-hybridized carbons (Fsp3) is 0.474. The van der Waals surface area contributed by atoms with Crippen LogP contribution < -0.4 is 14.8 Å². The van der Waals surface area contributed by atoms with Gasteiger partial charge in [-0.25, -0.2) is 4.99 Å². The summed E-state index contributed by atoms with van der Waals surface area (Å²) in [6.07, 6.45) is 3.86. The summed E-state index contributed by atoms with van der Waals surface area (Å²) >= 11 is 0. The van der Waals surface area contributed by atoms with Crippen molar-refractivity contribution in [3.8, 4) is 11.5 Å². The van der Waals surface area contributed by atoms with Crippen molar-refractivity contribution in [3.63, 3.8) is 0 Å². The summed E-state index contributed by atoms with van der Waals surface area (Å²) in [6, 6.07) is 5.91. The van der Waals surface area contributed by atoms with Crippen LogP contribution in [0.25, 0.3) is 0 Å².